The van der Waals surface area contributed by atoms with E-state index < -0.39 is 0 Å². The molecule has 0 atom stereocenters. The van der Waals surface area contributed by atoms with Crippen molar-refractivity contribution in [1.29, 1.82) is 0 Å². The number of tetrazole rings is 1. The van der Waals surface area contributed by atoms with Crippen LogP contribution in [0.3, 0.4) is 0 Å². The first-order valence-corrected chi connectivity index (χ1v) is 4.19. The third-order valence-electron chi connectivity index (χ3n) is 1.94. The second kappa shape index (κ2) is 3.45. The Morgan fingerprint density at radius 2 is 2.21 bits per heavy atom. The van der Waals surface area contributed by atoms with Crippen LogP contribution in [0.2, 0.25) is 0 Å². The van der Waals surface area contributed by atoms with E-state index in [1.165, 1.54) is 0 Å². The van der Waals surface area contributed by atoms with Gasteiger partial charge in [-0.25, -0.2) is 0 Å². The van der Waals surface area contributed by atoms with Crippen LogP contribution in [-0.2, 0) is 0 Å². The largest absolute Gasteiger partial charge is 0.496 e. The topological polar surface area (TPSA) is 63.7 Å². The minimum Gasteiger partial charge on any atom is -0.496 e. The first-order valence-electron chi connectivity index (χ1n) is 4.19. The van der Waals surface area contributed by atoms with Crippen molar-refractivity contribution in [1.82, 2.24) is 20.6 Å². The van der Waals surface area contributed by atoms with Crippen molar-refractivity contribution in [2.75, 3.05) is 7.11 Å². The first kappa shape index (κ1) is 8.68. The number of aryl methyl sites for hydroxylation is 1. The minimum absolute atomic E-state index is 0.547. The zero-order valence-electron chi connectivity index (χ0n) is 7.98. The number of benzene rings is 1. The summed E-state index contributed by atoms with van der Waals surface area (Å²) in [5.41, 5.74) is 1.98. The van der Waals surface area contributed by atoms with Crippen LogP contribution in [0.25, 0.3) is 11.4 Å². The Balaban J connectivity index is 2.55. The molecule has 0 radical (unpaired) electrons. The van der Waals surface area contributed by atoms with Gasteiger partial charge >= 0.3 is 0 Å². The third-order valence-corrected chi connectivity index (χ3v) is 1.94. The van der Waals surface area contributed by atoms with Crippen molar-refractivity contribution >= 4 is 0 Å². The molecule has 0 saturated carbocycles. The molecule has 1 heterocycles. The van der Waals surface area contributed by atoms with Crippen LogP contribution in [0.5, 0.6) is 5.75 Å². The lowest BCUT2D eigenvalue weighted by Gasteiger charge is -2.05. The molecule has 2 rings (SSSR count). The van der Waals surface area contributed by atoms with E-state index in [2.05, 4.69) is 20.6 Å². The van der Waals surface area contributed by atoms with Crippen LogP contribution >= 0.6 is 0 Å². The SMILES string of the molecule is COc1ccc(C)cc1-c1nn[nH]n1. The number of H-pyrrole nitrogens is 1. The number of nitrogens with one attached hydrogen (secondary N) is 1. The van der Waals surface area contributed by atoms with Gasteiger partial charge in [0, 0.05) is 0 Å². The molecular formula is C9H10N4O. The van der Waals surface area contributed by atoms with Crippen molar-refractivity contribution in [3.05, 3.63) is 23.8 Å². The molecule has 14 heavy (non-hydrogen) atoms. The molecule has 0 amide bonds. The van der Waals surface area contributed by atoms with Crippen LogP contribution in [-0.4, -0.2) is 27.7 Å². The van der Waals surface area contributed by atoms with Gasteiger partial charge in [-0.2, -0.15) is 5.21 Å². The van der Waals surface area contributed by atoms with E-state index in [9.17, 15) is 0 Å². The van der Waals surface area contributed by atoms with Crippen molar-refractivity contribution in [2.24, 2.45) is 0 Å². The average Bonchev–Trinajstić information content (AvgIpc) is 2.70. The van der Waals surface area contributed by atoms with Gasteiger partial charge in [-0.15, -0.1) is 10.2 Å². The Hall–Kier alpha value is -1.91. The summed E-state index contributed by atoms with van der Waals surface area (Å²) in [6.45, 7) is 2.00. The highest BCUT2D eigenvalue weighted by molar-refractivity contribution is 5.64. The van der Waals surface area contributed by atoms with E-state index in [1.807, 2.05) is 25.1 Å². The van der Waals surface area contributed by atoms with E-state index in [0.29, 0.717) is 5.82 Å². The minimum atomic E-state index is 0.547. The van der Waals surface area contributed by atoms with Crippen LogP contribution in [0.15, 0.2) is 18.2 Å². The molecule has 0 bridgehead atoms. The fourth-order valence-corrected chi connectivity index (χ4v) is 1.27. The summed E-state index contributed by atoms with van der Waals surface area (Å²) in [5, 5.41) is 13.7. The van der Waals surface area contributed by atoms with Gasteiger partial charge in [0.25, 0.3) is 0 Å². The number of ether oxygens (including phenoxy) is 1. The van der Waals surface area contributed by atoms with Gasteiger partial charge in [0.2, 0.25) is 5.82 Å². The number of methoxy groups -OCH3 is 1. The molecule has 0 spiro atoms. The maximum Gasteiger partial charge on any atom is 0.208 e. The quantitative estimate of drug-likeness (QED) is 0.772. The zero-order chi connectivity index (χ0) is 9.97. The molecule has 5 nitrogen and oxygen atoms in total. The number of hydrogen-bond acceptors (Lipinski definition) is 4. The van der Waals surface area contributed by atoms with Crippen molar-refractivity contribution in [3.63, 3.8) is 0 Å². The van der Waals surface area contributed by atoms with Crippen molar-refractivity contribution in [2.45, 2.75) is 6.92 Å². The molecule has 1 aromatic carbocycles. The zero-order valence-corrected chi connectivity index (χ0v) is 7.98. The highest BCUT2D eigenvalue weighted by Gasteiger charge is 2.09. The summed E-state index contributed by atoms with van der Waals surface area (Å²) < 4.78 is 5.20. The van der Waals surface area contributed by atoms with Gasteiger partial charge in [0.05, 0.1) is 12.7 Å². The normalized spacial score (nSPS) is 10.1. The molecular weight excluding hydrogens is 180 g/mol. The van der Waals surface area contributed by atoms with Crippen LogP contribution < -0.4 is 4.74 Å². The molecule has 0 aliphatic heterocycles. The molecule has 0 aliphatic rings. The molecule has 0 fully saturated rings. The second-order valence-electron chi connectivity index (χ2n) is 2.94. The number of rotatable bonds is 2. The van der Waals surface area contributed by atoms with Crippen LogP contribution in [0.1, 0.15) is 5.56 Å². The van der Waals surface area contributed by atoms with Crippen molar-refractivity contribution in [3.8, 4) is 17.1 Å². The predicted molar refractivity (Wildman–Crippen MR) is 50.9 cm³/mol. The van der Waals surface area contributed by atoms with E-state index in [0.717, 1.165) is 16.9 Å². The molecule has 2 aromatic rings. The average molecular weight is 190 g/mol. The maximum atomic E-state index is 5.20. The Kier molecular flexibility index (Phi) is 2.14. The molecule has 0 saturated heterocycles. The maximum absolute atomic E-state index is 5.20. The second-order valence-corrected chi connectivity index (χ2v) is 2.94. The van der Waals surface area contributed by atoms with Crippen LogP contribution in [0, 0.1) is 6.92 Å². The Morgan fingerprint density at radius 3 is 2.86 bits per heavy atom. The highest BCUT2D eigenvalue weighted by Crippen LogP contribution is 2.27. The summed E-state index contributed by atoms with van der Waals surface area (Å²) in [6, 6.07) is 5.83. The molecule has 1 N–H and O–H groups in total. The summed E-state index contributed by atoms with van der Waals surface area (Å²) in [7, 11) is 1.62. The van der Waals surface area contributed by atoms with E-state index >= 15 is 0 Å². The lowest BCUT2D eigenvalue weighted by molar-refractivity contribution is 0.416. The standard InChI is InChI=1S/C9H10N4O/c1-6-3-4-8(14-2)7(5-6)9-10-12-13-11-9/h3-5H,1-2H3,(H,10,11,12,13). The number of aromatic amines is 1. The Morgan fingerprint density at radius 1 is 1.36 bits per heavy atom. The number of nitrogens with zero attached hydrogens (tertiary/aromatic N) is 3. The summed E-state index contributed by atoms with van der Waals surface area (Å²) in [5.74, 6) is 1.29. The van der Waals surface area contributed by atoms with Gasteiger partial charge in [0.1, 0.15) is 5.75 Å². The Labute approximate surface area is 81.1 Å². The molecule has 72 valence electrons. The lowest BCUT2D eigenvalue weighted by atomic mass is 10.1. The van der Waals surface area contributed by atoms with E-state index in [-0.39, 0.29) is 0 Å². The first-order chi connectivity index (χ1) is 6.81. The van der Waals surface area contributed by atoms with Crippen LogP contribution in [0.4, 0.5) is 0 Å². The third kappa shape index (κ3) is 1.44. The molecule has 0 unspecified atom stereocenters. The smallest absolute Gasteiger partial charge is 0.208 e. The van der Waals surface area contributed by atoms with E-state index in [1.54, 1.807) is 7.11 Å². The van der Waals surface area contributed by atoms with Gasteiger partial charge < -0.3 is 4.74 Å². The van der Waals surface area contributed by atoms with Gasteiger partial charge in [-0.3, -0.25) is 0 Å². The lowest BCUT2D eigenvalue weighted by Crippen LogP contribution is -1.90. The fraction of sp³-hybridized carbons (Fsp3) is 0.222. The highest BCUT2D eigenvalue weighted by atomic mass is 16.5. The van der Waals surface area contributed by atoms with Crippen molar-refractivity contribution < 1.29 is 4.74 Å². The summed E-state index contributed by atoms with van der Waals surface area (Å²) in [6.07, 6.45) is 0. The molecule has 1 aromatic heterocycles. The molecule has 0 aliphatic carbocycles. The Bertz CT molecular complexity index is 424. The summed E-state index contributed by atoms with van der Waals surface area (Å²) >= 11 is 0. The van der Waals surface area contributed by atoms with Gasteiger partial charge in [-0.1, -0.05) is 11.6 Å². The number of aromatic nitrogens is 4. The molecule has 5 heteroatoms. The fourth-order valence-electron chi connectivity index (χ4n) is 1.27. The number of hydrogen-bond donors (Lipinski definition) is 1. The van der Waals surface area contributed by atoms with E-state index in [4.69, 9.17) is 4.74 Å². The monoisotopic (exact) mass is 190 g/mol. The predicted octanol–water partition coefficient (Wildman–Crippen LogP) is 1.18. The van der Waals surface area contributed by atoms with Gasteiger partial charge in [-0.05, 0) is 24.3 Å². The van der Waals surface area contributed by atoms with Gasteiger partial charge in [0.15, 0.2) is 0 Å². The summed E-state index contributed by atoms with van der Waals surface area (Å²) in [4.78, 5) is 0.